The molecule has 11 heteroatoms. The highest BCUT2D eigenvalue weighted by atomic mass is 35.5. The number of amides is 1. The number of aromatic nitrogens is 3. The molecule has 1 fully saturated rings. The van der Waals surface area contributed by atoms with Gasteiger partial charge in [0.2, 0.25) is 0 Å². The number of benzene rings is 1. The van der Waals surface area contributed by atoms with Gasteiger partial charge in [-0.15, -0.1) is 0 Å². The van der Waals surface area contributed by atoms with E-state index in [9.17, 15) is 14.7 Å². The predicted octanol–water partition coefficient (Wildman–Crippen LogP) is 3.70. The molecule has 1 aliphatic rings. The van der Waals surface area contributed by atoms with Crippen LogP contribution in [0.2, 0.25) is 5.15 Å². The van der Waals surface area contributed by atoms with Gasteiger partial charge in [0, 0.05) is 25.2 Å². The Morgan fingerprint density at radius 3 is 2.82 bits per heavy atom. The lowest BCUT2D eigenvalue weighted by Gasteiger charge is -2.39. The average Bonchev–Trinajstić information content (AvgIpc) is 3.43. The van der Waals surface area contributed by atoms with Gasteiger partial charge >= 0.3 is 5.97 Å². The van der Waals surface area contributed by atoms with Crippen molar-refractivity contribution in [2.45, 2.75) is 51.6 Å². The summed E-state index contributed by atoms with van der Waals surface area (Å²) in [5.74, 6) is -0.997. The number of hydrogen-bond donors (Lipinski definition) is 4. The minimum atomic E-state index is -0.953. The summed E-state index contributed by atoms with van der Waals surface area (Å²) in [6.45, 7) is 6.28. The van der Waals surface area contributed by atoms with Crippen molar-refractivity contribution in [3.05, 3.63) is 40.4 Å². The monoisotopic (exact) mass is 504 g/mol. The van der Waals surface area contributed by atoms with E-state index < -0.39 is 5.97 Å². The number of carbonyl (C=O) groups excluding carboxylic acids is 1. The summed E-state index contributed by atoms with van der Waals surface area (Å²) in [5.41, 5.74) is 1.70. The molecule has 2 atom stereocenters. The fourth-order valence-electron chi connectivity index (χ4n) is 4.18. The van der Waals surface area contributed by atoms with E-state index in [1.54, 1.807) is 12.1 Å². The number of carboxylic acids is 1. The Labute approximate surface area is 206 Å². The first-order valence-electron chi connectivity index (χ1n) is 11.6. The van der Waals surface area contributed by atoms with Gasteiger partial charge in [-0.25, -0.2) is 14.8 Å². The molecule has 0 saturated carbocycles. The quantitative estimate of drug-likeness (QED) is 0.327. The molecule has 1 amide bonds. The zero-order valence-corrected chi connectivity index (χ0v) is 20.8. The summed E-state index contributed by atoms with van der Waals surface area (Å²) < 4.78 is 0.678. The van der Waals surface area contributed by atoms with Crippen LogP contribution in [-0.2, 0) is 6.42 Å². The number of carbonyl (C=O) groups is 2. The minimum absolute atomic E-state index is 0.00582. The van der Waals surface area contributed by atoms with Crippen LogP contribution in [0, 0.1) is 0 Å². The second kappa shape index (κ2) is 10.7. The largest absolute Gasteiger partial charge is 0.478 e. The molecule has 2 aromatic heterocycles. The number of thiazole rings is 1. The molecule has 0 unspecified atom stereocenters. The highest BCUT2D eigenvalue weighted by Crippen LogP contribution is 2.33. The van der Waals surface area contributed by atoms with E-state index in [4.69, 9.17) is 16.6 Å². The number of carboxylic acid groups (broad SMARTS) is 1. The van der Waals surface area contributed by atoms with Crippen LogP contribution in [0.4, 0.5) is 5.13 Å². The third-order valence-corrected chi connectivity index (χ3v) is 7.55. The van der Waals surface area contributed by atoms with Crippen LogP contribution in [0.15, 0.2) is 18.2 Å². The van der Waals surface area contributed by atoms with Crippen LogP contribution in [0.25, 0.3) is 10.2 Å². The molecule has 4 rings (SSSR count). The summed E-state index contributed by atoms with van der Waals surface area (Å²) in [4.78, 5) is 38.5. The molecule has 1 aromatic carbocycles. The van der Waals surface area contributed by atoms with Crippen LogP contribution in [0.3, 0.4) is 0 Å². The number of nitrogens with one attached hydrogen (secondary N) is 3. The molecule has 3 aromatic rings. The Kier molecular flexibility index (Phi) is 7.70. The number of fused-ring (bicyclic) bond motifs is 1. The maximum absolute atomic E-state index is 12.9. The van der Waals surface area contributed by atoms with Crippen molar-refractivity contribution < 1.29 is 14.7 Å². The molecule has 0 aliphatic carbocycles. The molecule has 3 heterocycles. The van der Waals surface area contributed by atoms with Gasteiger partial charge in [-0.2, -0.15) is 0 Å². The van der Waals surface area contributed by atoms with Gasteiger partial charge in [-0.1, -0.05) is 49.3 Å². The number of nitrogens with zero attached hydrogens (tertiary/aromatic N) is 3. The molecule has 9 nitrogen and oxygen atoms in total. The SMILES string of the molecule is CCCCN[C@H]1CN(c2nc3cccc(C(=O)O)c3s2)CC[C@H]1NC(=O)c1nc(Cl)c(CC)[nH]1. The normalized spacial score (nSPS) is 18.4. The van der Waals surface area contributed by atoms with E-state index in [0.29, 0.717) is 41.3 Å². The van der Waals surface area contributed by atoms with Crippen LogP contribution in [-0.4, -0.2) is 63.7 Å². The molecule has 0 bridgehead atoms. The number of rotatable bonds is 9. The van der Waals surface area contributed by atoms with Crippen LogP contribution in [0.1, 0.15) is 59.8 Å². The summed E-state index contributed by atoms with van der Waals surface area (Å²) >= 11 is 7.51. The molecule has 1 aliphatic heterocycles. The lowest BCUT2D eigenvalue weighted by atomic mass is 9.99. The maximum atomic E-state index is 12.9. The highest BCUT2D eigenvalue weighted by Gasteiger charge is 2.32. The predicted molar refractivity (Wildman–Crippen MR) is 134 cm³/mol. The Bertz CT molecular complexity index is 1180. The zero-order chi connectivity index (χ0) is 24.2. The van der Waals surface area contributed by atoms with Gasteiger partial charge < -0.3 is 25.6 Å². The van der Waals surface area contributed by atoms with E-state index in [0.717, 1.165) is 30.2 Å². The first-order chi connectivity index (χ1) is 16.4. The number of hydrogen-bond acceptors (Lipinski definition) is 7. The van der Waals surface area contributed by atoms with Crippen molar-refractivity contribution in [3.8, 4) is 0 Å². The fraction of sp³-hybridized carbons (Fsp3) is 0.478. The molecule has 182 valence electrons. The molecule has 1 saturated heterocycles. The van der Waals surface area contributed by atoms with Gasteiger partial charge in [0.05, 0.1) is 21.5 Å². The van der Waals surface area contributed by atoms with E-state index >= 15 is 0 Å². The number of anilines is 1. The number of imidazole rings is 1. The Morgan fingerprint density at radius 2 is 2.12 bits per heavy atom. The van der Waals surface area contributed by atoms with Gasteiger partial charge in [0.1, 0.15) is 0 Å². The zero-order valence-electron chi connectivity index (χ0n) is 19.2. The van der Waals surface area contributed by atoms with Gasteiger partial charge in [-0.05, 0) is 37.9 Å². The van der Waals surface area contributed by atoms with Crippen molar-refractivity contribution in [1.29, 1.82) is 0 Å². The van der Waals surface area contributed by atoms with Crippen molar-refractivity contribution in [1.82, 2.24) is 25.6 Å². The molecule has 34 heavy (non-hydrogen) atoms. The molecular formula is C23H29ClN6O3S. The lowest BCUT2D eigenvalue weighted by Crippen LogP contribution is -2.59. The standard InChI is InChI=1S/C23H29ClN6O3S/c1-3-5-10-25-17-12-30(23-28-16-8-6-7-13(22(32)33)18(16)34-23)11-9-15(17)27-21(31)20-26-14(4-2)19(24)29-20/h6-8,15,17,25H,3-5,9-12H2,1-2H3,(H,26,29)(H,27,31)(H,32,33)/t15-,17+/m1/s1. The number of aromatic carboxylic acids is 1. The maximum Gasteiger partial charge on any atom is 0.337 e. The lowest BCUT2D eigenvalue weighted by molar-refractivity contribution is 0.0699. The average molecular weight is 505 g/mol. The summed E-state index contributed by atoms with van der Waals surface area (Å²) in [5, 5.41) is 17.3. The number of aromatic amines is 1. The van der Waals surface area contributed by atoms with Gasteiger partial charge in [0.25, 0.3) is 5.91 Å². The van der Waals surface area contributed by atoms with Gasteiger partial charge in [-0.3, -0.25) is 4.79 Å². The number of piperidine rings is 1. The van der Waals surface area contributed by atoms with Crippen molar-refractivity contribution >= 4 is 50.2 Å². The third kappa shape index (κ3) is 5.18. The van der Waals surface area contributed by atoms with Gasteiger partial charge in [0.15, 0.2) is 16.1 Å². The number of halogens is 1. The summed E-state index contributed by atoms with van der Waals surface area (Å²) in [6, 6.07) is 5.08. The molecule has 4 N–H and O–H groups in total. The highest BCUT2D eigenvalue weighted by molar-refractivity contribution is 7.22. The smallest absolute Gasteiger partial charge is 0.337 e. The fourth-order valence-corrected chi connectivity index (χ4v) is 5.55. The number of unbranched alkanes of at least 4 members (excludes halogenated alkanes) is 1. The summed E-state index contributed by atoms with van der Waals surface area (Å²) in [6.07, 6.45) is 3.49. The van der Waals surface area contributed by atoms with E-state index in [1.807, 2.05) is 13.0 Å². The molecule has 0 radical (unpaired) electrons. The summed E-state index contributed by atoms with van der Waals surface area (Å²) in [7, 11) is 0. The Balaban J connectivity index is 1.51. The second-order valence-corrected chi connectivity index (χ2v) is 9.73. The van der Waals surface area contributed by atoms with E-state index in [2.05, 4.69) is 32.4 Å². The third-order valence-electron chi connectivity index (χ3n) is 6.07. The van der Waals surface area contributed by atoms with Crippen LogP contribution >= 0.6 is 22.9 Å². The Morgan fingerprint density at radius 1 is 1.29 bits per heavy atom. The van der Waals surface area contributed by atoms with Crippen molar-refractivity contribution in [3.63, 3.8) is 0 Å². The number of aryl methyl sites for hydroxylation is 1. The first-order valence-corrected chi connectivity index (χ1v) is 12.8. The first kappa shape index (κ1) is 24.4. The van der Waals surface area contributed by atoms with E-state index in [1.165, 1.54) is 11.3 Å². The molecule has 0 spiro atoms. The van der Waals surface area contributed by atoms with Crippen LogP contribution in [0.5, 0.6) is 0 Å². The second-order valence-electron chi connectivity index (χ2n) is 8.39. The van der Waals surface area contributed by atoms with Crippen LogP contribution < -0.4 is 15.5 Å². The van der Waals surface area contributed by atoms with Crippen molar-refractivity contribution in [2.75, 3.05) is 24.5 Å². The van der Waals surface area contributed by atoms with Crippen molar-refractivity contribution in [2.24, 2.45) is 0 Å². The topological polar surface area (TPSA) is 123 Å². The minimum Gasteiger partial charge on any atom is -0.478 e. The van der Waals surface area contributed by atoms with E-state index in [-0.39, 0.29) is 29.4 Å². The number of H-pyrrole nitrogens is 1. The molecular weight excluding hydrogens is 476 g/mol. The Hall–Kier alpha value is -2.69.